The summed E-state index contributed by atoms with van der Waals surface area (Å²) in [6.07, 6.45) is 0.894. The first-order valence-electron chi connectivity index (χ1n) is 10.9. The number of benzene rings is 3. The van der Waals surface area contributed by atoms with E-state index in [4.69, 9.17) is 0 Å². The van der Waals surface area contributed by atoms with Crippen LogP contribution in [0.1, 0.15) is 46.6 Å². The van der Waals surface area contributed by atoms with E-state index in [9.17, 15) is 20.0 Å². The van der Waals surface area contributed by atoms with Gasteiger partial charge in [-0.25, -0.2) is 10.1 Å². The van der Waals surface area contributed by atoms with E-state index in [1.165, 1.54) is 11.6 Å². The average Bonchev–Trinajstić information content (AvgIpc) is 3.09. The van der Waals surface area contributed by atoms with Crippen LogP contribution >= 0.6 is 0 Å². The number of nitrogens with one attached hydrogen (secondary N) is 1. The number of rotatable bonds is 3. The largest absolute Gasteiger partial charge is 0.595 e. The lowest BCUT2D eigenvalue weighted by atomic mass is 9.55. The maximum atomic E-state index is 13.8. The zero-order chi connectivity index (χ0) is 22.1. The van der Waals surface area contributed by atoms with Gasteiger partial charge in [-0.05, 0) is 40.3 Å². The van der Waals surface area contributed by atoms with Gasteiger partial charge in [-0.15, -0.1) is 0 Å². The standard InChI is InChI=1S/C26H22N2O4/c1-2-14-11-12-17-18(13-14)22-16-8-4-3-7-15(16)21(17)23-24(22)26(30)27(25(23)29)19-9-5-6-10-20(19)28(31)32/h3-13,21-24,28,31H,2H2,1H3/t21-,22-,23-,24+/m0/s1. The molecular formula is C26H22N2O4. The molecule has 3 aromatic rings. The molecule has 3 aliphatic carbocycles. The molecule has 1 heterocycles. The Hall–Kier alpha value is -3.32. The van der Waals surface area contributed by atoms with Crippen LogP contribution in [-0.4, -0.2) is 17.0 Å². The van der Waals surface area contributed by atoms with Crippen molar-refractivity contribution in [2.45, 2.75) is 25.2 Å². The number of quaternary nitrogens is 1. The summed E-state index contributed by atoms with van der Waals surface area (Å²) in [6.45, 7) is 2.11. The van der Waals surface area contributed by atoms with Crippen molar-refractivity contribution in [1.29, 1.82) is 0 Å². The molecule has 0 radical (unpaired) electrons. The van der Waals surface area contributed by atoms with Crippen molar-refractivity contribution in [1.82, 2.24) is 0 Å². The fraction of sp³-hybridized carbons (Fsp3) is 0.231. The van der Waals surface area contributed by atoms with Crippen LogP contribution < -0.4 is 10.1 Å². The number of amides is 2. The van der Waals surface area contributed by atoms with E-state index in [1.54, 1.807) is 18.2 Å². The highest BCUT2D eigenvalue weighted by molar-refractivity contribution is 6.24. The Bertz CT molecular complexity index is 1280. The number of carbonyl (C=O) groups is 2. The maximum absolute atomic E-state index is 13.8. The number of anilines is 1. The number of para-hydroxylation sites is 2. The summed E-state index contributed by atoms with van der Waals surface area (Å²) >= 11 is 0. The summed E-state index contributed by atoms with van der Waals surface area (Å²) in [5.74, 6) is -2.07. The average molecular weight is 426 g/mol. The molecule has 7 rings (SSSR count). The van der Waals surface area contributed by atoms with Crippen molar-refractivity contribution in [3.05, 3.63) is 99.8 Å². The van der Waals surface area contributed by atoms with E-state index in [0.717, 1.165) is 33.6 Å². The van der Waals surface area contributed by atoms with Gasteiger partial charge in [0.1, 0.15) is 5.69 Å². The van der Waals surface area contributed by atoms with Crippen molar-refractivity contribution in [3.63, 3.8) is 0 Å². The van der Waals surface area contributed by atoms with Crippen LogP contribution in [0.5, 0.6) is 0 Å². The lowest BCUT2D eigenvalue weighted by molar-refractivity contribution is -0.990. The first-order valence-corrected chi connectivity index (χ1v) is 10.9. The van der Waals surface area contributed by atoms with Gasteiger partial charge >= 0.3 is 0 Å². The van der Waals surface area contributed by atoms with E-state index in [2.05, 4.69) is 37.3 Å². The summed E-state index contributed by atoms with van der Waals surface area (Å²) in [5.41, 5.74) is 5.77. The van der Waals surface area contributed by atoms with Gasteiger partial charge in [0.05, 0.1) is 11.8 Å². The molecule has 32 heavy (non-hydrogen) atoms. The summed E-state index contributed by atoms with van der Waals surface area (Å²) in [6, 6.07) is 20.7. The monoisotopic (exact) mass is 426 g/mol. The molecule has 3 aromatic carbocycles. The molecule has 6 nitrogen and oxygen atoms in total. The molecule has 1 aliphatic heterocycles. The van der Waals surface area contributed by atoms with Crippen molar-refractivity contribution in [2.24, 2.45) is 11.8 Å². The molecule has 4 aliphatic rings. The van der Waals surface area contributed by atoms with Gasteiger partial charge in [0.25, 0.3) is 0 Å². The normalized spacial score (nSPS) is 26.0. The Morgan fingerprint density at radius 1 is 0.844 bits per heavy atom. The topological polar surface area (TPSA) is 85.1 Å². The predicted molar refractivity (Wildman–Crippen MR) is 118 cm³/mol. The zero-order valence-corrected chi connectivity index (χ0v) is 17.5. The molecule has 0 saturated carbocycles. The van der Waals surface area contributed by atoms with E-state index in [0.29, 0.717) is 0 Å². The van der Waals surface area contributed by atoms with Crippen molar-refractivity contribution in [2.75, 3.05) is 4.90 Å². The molecule has 1 unspecified atom stereocenters. The second-order valence-corrected chi connectivity index (χ2v) is 8.79. The Morgan fingerprint density at radius 3 is 2.03 bits per heavy atom. The highest BCUT2D eigenvalue weighted by Crippen LogP contribution is 2.61. The number of hydrogen-bond acceptors (Lipinski definition) is 4. The lowest BCUT2D eigenvalue weighted by Gasteiger charge is -2.46. The molecule has 0 spiro atoms. The highest BCUT2D eigenvalue weighted by Gasteiger charge is 2.62. The molecule has 6 heteroatoms. The molecule has 1 saturated heterocycles. The van der Waals surface area contributed by atoms with Gasteiger partial charge in [-0.1, -0.05) is 61.5 Å². The lowest BCUT2D eigenvalue weighted by Crippen LogP contribution is -2.99. The Morgan fingerprint density at radius 2 is 1.41 bits per heavy atom. The fourth-order valence-corrected chi connectivity index (χ4v) is 6.08. The van der Waals surface area contributed by atoms with E-state index < -0.39 is 17.1 Å². The maximum Gasteiger partial charge on any atom is 0.238 e. The molecule has 1 fully saturated rings. The van der Waals surface area contributed by atoms with Crippen LogP contribution in [0.2, 0.25) is 0 Å². The molecule has 160 valence electrons. The number of nitrogens with zero attached hydrogens (tertiary/aromatic N) is 1. The molecule has 0 aromatic heterocycles. The third kappa shape index (κ3) is 2.40. The summed E-state index contributed by atoms with van der Waals surface area (Å²) in [4.78, 5) is 28.7. The summed E-state index contributed by atoms with van der Waals surface area (Å²) in [7, 11) is 0. The van der Waals surface area contributed by atoms with Crippen molar-refractivity contribution in [3.8, 4) is 0 Å². The fourth-order valence-electron chi connectivity index (χ4n) is 6.08. The predicted octanol–water partition coefficient (Wildman–Crippen LogP) is 3.05. The third-order valence-electron chi connectivity index (χ3n) is 7.39. The molecule has 2 amide bonds. The zero-order valence-electron chi connectivity index (χ0n) is 17.5. The first kappa shape index (κ1) is 19.4. The first-order chi connectivity index (χ1) is 15.5. The summed E-state index contributed by atoms with van der Waals surface area (Å²) in [5, 5.41) is 20.3. The highest BCUT2D eigenvalue weighted by atomic mass is 16.8. The van der Waals surface area contributed by atoms with Crippen LogP contribution in [0.3, 0.4) is 0 Å². The third-order valence-corrected chi connectivity index (χ3v) is 7.39. The number of hydrogen-bond donors (Lipinski definition) is 2. The number of carbonyl (C=O) groups excluding carboxylic acids is 2. The van der Waals surface area contributed by atoms with Gasteiger partial charge in [0, 0.05) is 17.9 Å². The molecule has 2 bridgehead atoms. The Balaban J connectivity index is 1.56. The van der Waals surface area contributed by atoms with Crippen molar-refractivity contribution < 1.29 is 20.0 Å². The Labute approximate surface area is 185 Å². The van der Waals surface area contributed by atoms with Gasteiger partial charge < -0.3 is 5.21 Å². The van der Waals surface area contributed by atoms with E-state index in [-0.39, 0.29) is 35.0 Å². The van der Waals surface area contributed by atoms with Crippen LogP contribution in [-0.2, 0) is 16.0 Å². The molecule has 2 N–H and O–H groups in total. The quantitative estimate of drug-likeness (QED) is 0.498. The van der Waals surface area contributed by atoms with Crippen LogP contribution in [0.25, 0.3) is 0 Å². The number of imide groups is 1. The SMILES string of the molecule is CCc1ccc2c(c1)[C@@H]1c3ccccc3[C@@H]2[C@@H]2C(=O)N(c3ccccc3[NH+]([O-])O)C(=O)[C@H]12. The van der Waals surface area contributed by atoms with Crippen LogP contribution in [0.4, 0.5) is 11.4 Å². The number of aryl methyl sites for hydroxylation is 1. The van der Waals surface area contributed by atoms with E-state index >= 15 is 0 Å². The minimum absolute atomic E-state index is 0.0384. The van der Waals surface area contributed by atoms with Gasteiger partial charge in [0.2, 0.25) is 11.8 Å². The van der Waals surface area contributed by atoms with Gasteiger partial charge in [0.15, 0.2) is 5.69 Å². The van der Waals surface area contributed by atoms with Crippen LogP contribution in [0, 0.1) is 17.0 Å². The second kappa shape index (κ2) is 6.84. The minimum atomic E-state index is -1.15. The molecule has 5 atom stereocenters. The minimum Gasteiger partial charge on any atom is -0.595 e. The second-order valence-electron chi connectivity index (χ2n) is 8.79. The smallest absolute Gasteiger partial charge is 0.238 e. The molecular weight excluding hydrogens is 404 g/mol. The summed E-state index contributed by atoms with van der Waals surface area (Å²) < 4.78 is 0. The Kier molecular flexibility index (Phi) is 4.14. The van der Waals surface area contributed by atoms with Gasteiger partial charge in [-0.3, -0.25) is 9.59 Å². The van der Waals surface area contributed by atoms with Gasteiger partial charge in [-0.2, -0.15) is 5.23 Å². The van der Waals surface area contributed by atoms with Crippen molar-refractivity contribution >= 4 is 23.2 Å². The van der Waals surface area contributed by atoms with Crippen LogP contribution in [0.15, 0.2) is 66.7 Å². The van der Waals surface area contributed by atoms with E-state index in [1.807, 2.05) is 12.1 Å².